The van der Waals surface area contributed by atoms with Crippen LogP contribution in [-0.4, -0.2) is 12.6 Å². The zero-order valence-corrected chi connectivity index (χ0v) is 11.7. The molecule has 1 unspecified atom stereocenters. The van der Waals surface area contributed by atoms with Crippen LogP contribution in [0.5, 0.6) is 0 Å². The van der Waals surface area contributed by atoms with Gasteiger partial charge in [0.2, 0.25) is 0 Å². The molecule has 1 aromatic heterocycles. The van der Waals surface area contributed by atoms with Crippen molar-refractivity contribution in [2.45, 2.75) is 33.2 Å². The molecule has 19 heavy (non-hydrogen) atoms. The summed E-state index contributed by atoms with van der Waals surface area (Å²) in [4.78, 5) is 0. The third-order valence-corrected chi connectivity index (χ3v) is 3.18. The Balaban J connectivity index is 2.16. The van der Waals surface area contributed by atoms with Crippen molar-refractivity contribution in [1.29, 1.82) is 0 Å². The quantitative estimate of drug-likeness (QED) is 0.882. The van der Waals surface area contributed by atoms with Crippen LogP contribution >= 0.6 is 0 Å². The van der Waals surface area contributed by atoms with Crippen LogP contribution in [0.25, 0.3) is 11.3 Å². The van der Waals surface area contributed by atoms with Crippen LogP contribution in [0.4, 0.5) is 4.39 Å². The predicted octanol–water partition coefficient (Wildman–Crippen LogP) is 3.93. The van der Waals surface area contributed by atoms with Crippen LogP contribution in [0.3, 0.4) is 0 Å². The van der Waals surface area contributed by atoms with Crippen LogP contribution in [0.2, 0.25) is 0 Å². The first-order valence-corrected chi connectivity index (χ1v) is 6.68. The molecule has 1 N–H and O–H groups in total. The number of halogens is 1. The SMILES string of the molecule is CCNC(C)Cc1ccc(-c2ccc(F)cc2C)o1. The van der Waals surface area contributed by atoms with E-state index in [-0.39, 0.29) is 5.82 Å². The summed E-state index contributed by atoms with van der Waals surface area (Å²) in [6.07, 6.45) is 0.855. The summed E-state index contributed by atoms with van der Waals surface area (Å²) >= 11 is 0. The molecule has 1 aromatic carbocycles. The molecule has 0 aliphatic heterocycles. The first kappa shape index (κ1) is 13.8. The van der Waals surface area contributed by atoms with Gasteiger partial charge in [-0.25, -0.2) is 4.39 Å². The zero-order chi connectivity index (χ0) is 13.8. The van der Waals surface area contributed by atoms with Gasteiger partial charge in [-0.1, -0.05) is 6.92 Å². The topological polar surface area (TPSA) is 25.2 Å². The third kappa shape index (κ3) is 3.44. The van der Waals surface area contributed by atoms with Crippen molar-refractivity contribution in [3.05, 3.63) is 47.5 Å². The second-order valence-corrected chi connectivity index (χ2v) is 4.89. The van der Waals surface area contributed by atoms with Crippen molar-refractivity contribution < 1.29 is 8.81 Å². The van der Waals surface area contributed by atoms with Crippen molar-refractivity contribution in [3.8, 4) is 11.3 Å². The number of hydrogen-bond acceptors (Lipinski definition) is 2. The van der Waals surface area contributed by atoms with Gasteiger partial charge >= 0.3 is 0 Å². The molecule has 0 radical (unpaired) electrons. The summed E-state index contributed by atoms with van der Waals surface area (Å²) in [5.74, 6) is 1.54. The van der Waals surface area contributed by atoms with Gasteiger partial charge in [0.15, 0.2) is 0 Å². The standard InChI is InChI=1S/C16H20FNO/c1-4-18-12(3)10-14-6-8-16(19-14)15-7-5-13(17)9-11(15)2/h5-9,12,18H,4,10H2,1-3H3. The van der Waals surface area contributed by atoms with E-state index in [2.05, 4.69) is 19.2 Å². The monoisotopic (exact) mass is 261 g/mol. The summed E-state index contributed by atoms with van der Waals surface area (Å²) in [7, 11) is 0. The van der Waals surface area contributed by atoms with Crippen molar-refractivity contribution in [2.75, 3.05) is 6.54 Å². The molecule has 2 nitrogen and oxygen atoms in total. The van der Waals surface area contributed by atoms with Gasteiger partial charge in [0.25, 0.3) is 0 Å². The van der Waals surface area contributed by atoms with E-state index in [4.69, 9.17) is 4.42 Å². The first-order valence-electron chi connectivity index (χ1n) is 6.68. The average Bonchev–Trinajstić information content (AvgIpc) is 2.77. The number of aryl methyl sites for hydroxylation is 1. The minimum absolute atomic E-state index is 0.214. The van der Waals surface area contributed by atoms with E-state index < -0.39 is 0 Å². The fraction of sp³-hybridized carbons (Fsp3) is 0.375. The van der Waals surface area contributed by atoms with E-state index in [1.807, 2.05) is 19.1 Å². The van der Waals surface area contributed by atoms with Gasteiger partial charge in [0, 0.05) is 18.0 Å². The largest absolute Gasteiger partial charge is 0.461 e. The van der Waals surface area contributed by atoms with Crippen LogP contribution < -0.4 is 5.32 Å². The maximum absolute atomic E-state index is 13.1. The molecule has 2 aromatic rings. The van der Waals surface area contributed by atoms with Crippen LogP contribution in [0, 0.1) is 12.7 Å². The Hall–Kier alpha value is -1.61. The highest BCUT2D eigenvalue weighted by Crippen LogP contribution is 2.26. The summed E-state index contributed by atoms with van der Waals surface area (Å²) < 4.78 is 18.9. The predicted molar refractivity (Wildman–Crippen MR) is 75.7 cm³/mol. The van der Waals surface area contributed by atoms with E-state index in [1.54, 1.807) is 6.07 Å². The van der Waals surface area contributed by atoms with Crippen molar-refractivity contribution in [1.82, 2.24) is 5.32 Å². The van der Waals surface area contributed by atoms with E-state index in [0.29, 0.717) is 6.04 Å². The van der Waals surface area contributed by atoms with E-state index >= 15 is 0 Å². The Morgan fingerprint density at radius 1 is 1.26 bits per heavy atom. The normalized spacial score (nSPS) is 12.6. The molecule has 0 spiro atoms. The Bertz CT molecular complexity index is 547. The molecule has 1 heterocycles. The number of benzene rings is 1. The minimum atomic E-state index is -0.214. The molecule has 0 fully saturated rings. The van der Waals surface area contributed by atoms with E-state index in [1.165, 1.54) is 12.1 Å². The lowest BCUT2D eigenvalue weighted by molar-refractivity contribution is 0.470. The molecule has 3 heteroatoms. The van der Waals surface area contributed by atoms with Crippen molar-refractivity contribution >= 4 is 0 Å². The highest BCUT2D eigenvalue weighted by Gasteiger charge is 2.10. The smallest absolute Gasteiger partial charge is 0.134 e. The lowest BCUT2D eigenvalue weighted by atomic mass is 10.1. The molecular weight excluding hydrogens is 241 g/mol. The molecule has 0 amide bonds. The molecule has 0 aliphatic rings. The van der Waals surface area contributed by atoms with Gasteiger partial charge in [-0.15, -0.1) is 0 Å². The molecule has 0 saturated heterocycles. The number of rotatable bonds is 5. The third-order valence-electron chi connectivity index (χ3n) is 3.18. The minimum Gasteiger partial charge on any atom is -0.461 e. The van der Waals surface area contributed by atoms with Gasteiger partial charge in [0.1, 0.15) is 17.3 Å². The molecule has 1 atom stereocenters. The number of hydrogen-bond donors (Lipinski definition) is 1. The Labute approximate surface area is 113 Å². The number of likely N-dealkylation sites (N-methyl/N-ethyl adjacent to an activating group) is 1. The number of furan rings is 1. The first-order chi connectivity index (χ1) is 9.10. The highest BCUT2D eigenvalue weighted by molar-refractivity contribution is 5.62. The van der Waals surface area contributed by atoms with Gasteiger partial charge in [0.05, 0.1) is 0 Å². The Morgan fingerprint density at radius 3 is 2.74 bits per heavy atom. The molecule has 0 saturated carbocycles. The molecule has 0 bridgehead atoms. The highest BCUT2D eigenvalue weighted by atomic mass is 19.1. The fourth-order valence-electron chi connectivity index (χ4n) is 2.26. The van der Waals surface area contributed by atoms with Gasteiger partial charge < -0.3 is 9.73 Å². The van der Waals surface area contributed by atoms with Crippen LogP contribution in [-0.2, 0) is 6.42 Å². The average molecular weight is 261 g/mol. The fourth-order valence-corrected chi connectivity index (χ4v) is 2.26. The van der Waals surface area contributed by atoms with Gasteiger partial charge in [-0.05, 0) is 56.3 Å². The van der Waals surface area contributed by atoms with Crippen LogP contribution in [0.1, 0.15) is 25.2 Å². The van der Waals surface area contributed by atoms with E-state index in [0.717, 1.165) is 35.6 Å². The molecule has 0 aliphatic carbocycles. The Kier molecular flexibility index (Phi) is 4.38. The van der Waals surface area contributed by atoms with Crippen molar-refractivity contribution in [3.63, 3.8) is 0 Å². The van der Waals surface area contributed by atoms with Gasteiger partial charge in [-0.3, -0.25) is 0 Å². The summed E-state index contributed by atoms with van der Waals surface area (Å²) in [5.41, 5.74) is 1.84. The zero-order valence-electron chi connectivity index (χ0n) is 11.7. The summed E-state index contributed by atoms with van der Waals surface area (Å²) in [6, 6.07) is 9.09. The van der Waals surface area contributed by atoms with E-state index in [9.17, 15) is 4.39 Å². The summed E-state index contributed by atoms with van der Waals surface area (Å²) in [6.45, 7) is 7.06. The second kappa shape index (κ2) is 6.02. The lowest BCUT2D eigenvalue weighted by Crippen LogP contribution is -2.27. The Morgan fingerprint density at radius 2 is 2.05 bits per heavy atom. The lowest BCUT2D eigenvalue weighted by Gasteiger charge is -2.09. The van der Waals surface area contributed by atoms with Gasteiger partial charge in [-0.2, -0.15) is 0 Å². The molecular formula is C16H20FNO. The van der Waals surface area contributed by atoms with Crippen molar-refractivity contribution in [2.24, 2.45) is 0 Å². The molecule has 2 rings (SSSR count). The number of nitrogens with one attached hydrogen (secondary N) is 1. The maximum Gasteiger partial charge on any atom is 0.134 e. The second-order valence-electron chi connectivity index (χ2n) is 4.89. The molecule has 102 valence electrons. The maximum atomic E-state index is 13.1. The summed E-state index contributed by atoms with van der Waals surface area (Å²) in [5, 5.41) is 3.35. The van der Waals surface area contributed by atoms with Crippen LogP contribution in [0.15, 0.2) is 34.7 Å².